The summed E-state index contributed by atoms with van der Waals surface area (Å²) in [5, 5.41) is 13.6. The molecule has 0 radical (unpaired) electrons. The molecule has 36 heavy (non-hydrogen) atoms. The highest BCUT2D eigenvalue weighted by atomic mass is 19.4. The lowest BCUT2D eigenvalue weighted by Crippen LogP contribution is -2.38. The van der Waals surface area contributed by atoms with Crippen LogP contribution in [0.15, 0.2) is 35.1 Å². The summed E-state index contributed by atoms with van der Waals surface area (Å²) in [5.41, 5.74) is -1.90. The number of hydrogen-bond acceptors (Lipinski definition) is 6. The normalized spacial score (nSPS) is 22.8. The highest BCUT2D eigenvalue weighted by Crippen LogP contribution is 2.34. The van der Waals surface area contributed by atoms with E-state index in [4.69, 9.17) is 4.74 Å². The highest BCUT2D eigenvalue weighted by molar-refractivity contribution is 5.66. The molecule has 3 atom stereocenters. The number of nitrogens with zero attached hydrogens (tertiary/aromatic N) is 4. The zero-order valence-electron chi connectivity index (χ0n) is 20.4. The van der Waals surface area contributed by atoms with E-state index in [9.17, 15) is 27.9 Å². The monoisotopic (exact) mass is 508 g/mol. The molecule has 0 amide bonds. The van der Waals surface area contributed by atoms with Gasteiger partial charge in [-0.15, -0.1) is 0 Å². The number of ether oxygens (including phenoxy) is 1. The number of carboxylic acids is 1. The number of anilines is 1. The SMILES string of the molecule is COc1ccc(Cn2nc(N3C[C@@H](N4CCC(C)C4)C[C@H]3CCC(=O)O)cc(C(F)(F)F)c2=O)cc1. The lowest BCUT2D eigenvalue weighted by atomic mass is 10.1. The fourth-order valence-corrected chi connectivity index (χ4v) is 5.18. The average molecular weight is 509 g/mol. The fourth-order valence-electron chi connectivity index (χ4n) is 5.18. The minimum Gasteiger partial charge on any atom is -0.497 e. The van der Waals surface area contributed by atoms with Gasteiger partial charge in [0.2, 0.25) is 0 Å². The van der Waals surface area contributed by atoms with Crippen LogP contribution in [0.4, 0.5) is 19.0 Å². The lowest BCUT2D eigenvalue weighted by molar-refractivity contribution is -0.139. The Bertz CT molecular complexity index is 1140. The minimum atomic E-state index is -4.85. The molecule has 0 saturated carbocycles. The molecule has 11 heteroatoms. The zero-order chi connectivity index (χ0) is 26.0. The van der Waals surface area contributed by atoms with Gasteiger partial charge >= 0.3 is 12.1 Å². The molecule has 196 valence electrons. The van der Waals surface area contributed by atoms with Crippen LogP contribution in [0.25, 0.3) is 0 Å². The van der Waals surface area contributed by atoms with Crippen LogP contribution in [0, 0.1) is 5.92 Å². The maximum absolute atomic E-state index is 13.9. The second-order valence-corrected chi connectivity index (χ2v) is 9.74. The van der Waals surface area contributed by atoms with Gasteiger partial charge in [0.15, 0.2) is 0 Å². The Morgan fingerprint density at radius 1 is 1.22 bits per heavy atom. The summed E-state index contributed by atoms with van der Waals surface area (Å²) in [5.74, 6) is 0.212. The van der Waals surface area contributed by atoms with Crippen LogP contribution in [0.2, 0.25) is 0 Å². The number of likely N-dealkylation sites (tertiary alicyclic amines) is 1. The van der Waals surface area contributed by atoms with E-state index in [-0.39, 0.29) is 37.3 Å². The van der Waals surface area contributed by atoms with Crippen molar-refractivity contribution in [1.29, 1.82) is 0 Å². The van der Waals surface area contributed by atoms with Crippen molar-refractivity contribution in [3.8, 4) is 5.75 Å². The molecule has 8 nitrogen and oxygen atoms in total. The van der Waals surface area contributed by atoms with E-state index in [1.165, 1.54) is 7.11 Å². The number of aliphatic carboxylic acids is 1. The summed E-state index contributed by atoms with van der Waals surface area (Å²) in [7, 11) is 1.51. The van der Waals surface area contributed by atoms with E-state index in [2.05, 4.69) is 16.9 Å². The molecule has 0 aliphatic carbocycles. The molecular weight excluding hydrogens is 477 g/mol. The molecular formula is C25H31F3N4O4. The second kappa shape index (κ2) is 10.5. The Balaban J connectivity index is 1.70. The number of alkyl halides is 3. The van der Waals surface area contributed by atoms with Crippen molar-refractivity contribution in [1.82, 2.24) is 14.7 Å². The number of carbonyl (C=O) groups is 1. The van der Waals surface area contributed by atoms with Crippen molar-refractivity contribution in [3.05, 3.63) is 51.8 Å². The Morgan fingerprint density at radius 3 is 2.53 bits per heavy atom. The van der Waals surface area contributed by atoms with Crippen molar-refractivity contribution in [2.45, 2.75) is 57.4 Å². The van der Waals surface area contributed by atoms with Gasteiger partial charge in [0.05, 0.1) is 13.7 Å². The van der Waals surface area contributed by atoms with E-state index in [1.807, 2.05) is 0 Å². The first-order valence-corrected chi connectivity index (χ1v) is 12.1. The van der Waals surface area contributed by atoms with Crippen molar-refractivity contribution >= 4 is 11.8 Å². The predicted molar refractivity (Wildman–Crippen MR) is 127 cm³/mol. The van der Waals surface area contributed by atoms with Crippen LogP contribution >= 0.6 is 0 Å². The summed E-state index contributed by atoms with van der Waals surface area (Å²) < 4.78 is 47.6. The van der Waals surface area contributed by atoms with Crippen LogP contribution in [0.1, 0.15) is 43.7 Å². The number of carboxylic acid groups (broad SMARTS) is 1. The standard InChI is InChI=1S/C25H31F3N4O4/c1-16-9-10-30(13-16)19-11-18(5-8-23(33)34)31(15-19)22-12-21(25(26,27)28)24(35)32(29-22)14-17-3-6-20(36-2)7-4-17/h3-4,6-7,12,16,18-19H,5,8-11,13-15H2,1-2H3,(H,33,34)/t16?,18-,19+/m1/s1. The summed E-state index contributed by atoms with van der Waals surface area (Å²) in [6, 6.07) is 7.29. The topological polar surface area (TPSA) is 87.9 Å². The highest BCUT2D eigenvalue weighted by Gasteiger charge is 2.41. The van der Waals surface area contributed by atoms with E-state index in [1.54, 1.807) is 29.2 Å². The summed E-state index contributed by atoms with van der Waals surface area (Å²) in [6.45, 7) is 4.27. The van der Waals surface area contributed by atoms with E-state index >= 15 is 0 Å². The Hall–Kier alpha value is -3.08. The van der Waals surface area contributed by atoms with Crippen LogP contribution in [-0.2, 0) is 17.5 Å². The van der Waals surface area contributed by atoms with Gasteiger partial charge in [0.1, 0.15) is 17.1 Å². The van der Waals surface area contributed by atoms with Crippen LogP contribution < -0.4 is 15.2 Å². The van der Waals surface area contributed by atoms with Crippen molar-refractivity contribution < 1.29 is 27.8 Å². The van der Waals surface area contributed by atoms with Crippen LogP contribution in [0.5, 0.6) is 5.75 Å². The van der Waals surface area contributed by atoms with E-state index in [0.717, 1.165) is 30.3 Å². The van der Waals surface area contributed by atoms with Gasteiger partial charge in [-0.05, 0) is 49.4 Å². The Morgan fingerprint density at radius 2 is 1.94 bits per heavy atom. The van der Waals surface area contributed by atoms with Gasteiger partial charge in [0.25, 0.3) is 5.56 Å². The zero-order valence-corrected chi connectivity index (χ0v) is 20.4. The molecule has 1 N–H and O–H groups in total. The first-order valence-electron chi connectivity index (χ1n) is 12.1. The molecule has 4 rings (SSSR count). The van der Waals surface area contributed by atoms with E-state index in [0.29, 0.717) is 30.2 Å². The maximum Gasteiger partial charge on any atom is 0.421 e. The Labute approximate surface area is 207 Å². The number of rotatable bonds is 8. The van der Waals surface area contributed by atoms with Crippen LogP contribution in [-0.4, -0.2) is 64.6 Å². The Kier molecular flexibility index (Phi) is 7.58. The number of hydrogen-bond donors (Lipinski definition) is 1. The maximum atomic E-state index is 13.9. The van der Waals surface area contributed by atoms with E-state index < -0.39 is 23.3 Å². The molecule has 0 bridgehead atoms. The first-order chi connectivity index (χ1) is 17.0. The number of aromatic nitrogens is 2. The van der Waals surface area contributed by atoms with Crippen molar-refractivity contribution in [2.75, 3.05) is 31.6 Å². The molecule has 2 fully saturated rings. The quantitative estimate of drug-likeness (QED) is 0.584. The lowest BCUT2D eigenvalue weighted by Gasteiger charge is -2.27. The minimum absolute atomic E-state index is 0.0422. The number of benzene rings is 1. The molecule has 1 unspecified atom stereocenters. The largest absolute Gasteiger partial charge is 0.497 e. The third-order valence-corrected chi connectivity index (χ3v) is 7.11. The summed E-state index contributed by atoms with van der Waals surface area (Å²) >= 11 is 0. The molecule has 1 aromatic heterocycles. The van der Waals surface area contributed by atoms with Gasteiger partial charge < -0.3 is 14.7 Å². The van der Waals surface area contributed by atoms with Crippen LogP contribution in [0.3, 0.4) is 0 Å². The molecule has 3 heterocycles. The molecule has 1 aromatic carbocycles. The molecule has 2 aliphatic heterocycles. The summed E-state index contributed by atoms with van der Waals surface area (Å²) in [4.78, 5) is 28.1. The van der Waals surface area contributed by atoms with Gasteiger partial charge in [-0.1, -0.05) is 19.1 Å². The molecule has 2 aliphatic rings. The van der Waals surface area contributed by atoms with Gasteiger partial charge in [-0.3, -0.25) is 14.5 Å². The number of methoxy groups -OCH3 is 1. The predicted octanol–water partition coefficient (Wildman–Crippen LogP) is 3.47. The first kappa shape index (κ1) is 26.0. The van der Waals surface area contributed by atoms with Gasteiger partial charge in [-0.2, -0.15) is 18.3 Å². The average Bonchev–Trinajstić information content (AvgIpc) is 3.45. The third-order valence-electron chi connectivity index (χ3n) is 7.11. The van der Waals surface area contributed by atoms with Gasteiger partial charge in [0, 0.05) is 37.7 Å². The molecule has 2 saturated heterocycles. The number of halogens is 3. The third kappa shape index (κ3) is 5.83. The molecule has 2 aromatic rings. The fraction of sp³-hybridized carbons (Fsp3) is 0.560. The van der Waals surface area contributed by atoms with Crippen molar-refractivity contribution in [3.63, 3.8) is 0 Å². The van der Waals surface area contributed by atoms with Gasteiger partial charge in [-0.25, -0.2) is 4.68 Å². The van der Waals surface area contributed by atoms with Crippen molar-refractivity contribution in [2.24, 2.45) is 5.92 Å². The smallest absolute Gasteiger partial charge is 0.421 e. The summed E-state index contributed by atoms with van der Waals surface area (Å²) in [6.07, 6.45) is -2.96. The second-order valence-electron chi connectivity index (χ2n) is 9.74. The molecule has 0 spiro atoms.